The molecule has 1 heterocycles. The number of rotatable bonds is 4. The average molecular weight is 344 g/mol. The van der Waals surface area contributed by atoms with E-state index in [0.29, 0.717) is 13.2 Å². The normalized spacial score (nSPS) is 20.5. The standard InChI is InChI=1S/C18H24N4O3/c1-18(2,3)25-17(23)22-11-7-10-16(15(12-22)20-21-19)24-13-14-8-5-4-6-9-14/h4-10,15-16H,11-13H2,1-3H3/t15-,16+/m1/s1. The number of nitrogens with zero attached hydrogens (tertiary/aromatic N) is 4. The summed E-state index contributed by atoms with van der Waals surface area (Å²) in [5, 5.41) is 3.82. The van der Waals surface area contributed by atoms with Gasteiger partial charge in [0.15, 0.2) is 0 Å². The SMILES string of the molecule is CC(C)(C)OC(=O)N1CC=C[C@H](OCc2ccccc2)[C@H](N=[N+]=[N-])C1. The van der Waals surface area contributed by atoms with Crippen LogP contribution in [0.3, 0.4) is 0 Å². The molecule has 7 nitrogen and oxygen atoms in total. The molecule has 1 amide bonds. The summed E-state index contributed by atoms with van der Waals surface area (Å²) in [6.07, 6.45) is 2.85. The third-order valence-electron chi connectivity index (χ3n) is 3.58. The summed E-state index contributed by atoms with van der Waals surface area (Å²) in [5.41, 5.74) is 9.32. The molecule has 1 aromatic rings. The Balaban J connectivity index is 2.04. The number of ether oxygens (including phenoxy) is 2. The van der Waals surface area contributed by atoms with Gasteiger partial charge in [-0.25, -0.2) is 4.79 Å². The Bertz CT molecular complexity index is 648. The third-order valence-corrected chi connectivity index (χ3v) is 3.58. The van der Waals surface area contributed by atoms with Crippen molar-refractivity contribution in [3.8, 4) is 0 Å². The van der Waals surface area contributed by atoms with Crippen LogP contribution >= 0.6 is 0 Å². The van der Waals surface area contributed by atoms with Crippen molar-refractivity contribution < 1.29 is 14.3 Å². The molecule has 25 heavy (non-hydrogen) atoms. The van der Waals surface area contributed by atoms with Crippen LogP contribution in [0.25, 0.3) is 10.4 Å². The number of azide groups is 1. The van der Waals surface area contributed by atoms with Crippen molar-refractivity contribution in [1.29, 1.82) is 0 Å². The van der Waals surface area contributed by atoms with E-state index in [4.69, 9.17) is 15.0 Å². The van der Waals surface area contributed by atoms with Gasteiger partial charge < -0.3 is 14.4 Å². The van der Waals surface area contributed by atoms with E-state index in [2.05, 4.69) is 10.0 Å². The average Bonchev–Trinajstić information content (AvgIpc) is 2.75. The number of amides is 1. The molecular weight excluding hydrogens is 320 g/mol. The summed E-state index contributed by atoms with van der Waals surface area (Å²) < 4.78 is 11.3. The fourth-order valence-electron chi connectivity index (χ4n) is 2.43. The lowest BCUT2D eigenvalue weighted by Crippen LogP contribution is -2.42. The molecule has 134 valence electrons. The largest absolute Gasteiger partial charge is 0.444 e. The molecule has 0 spiro atoms. The fraction of sp³-hybridized carbons (Fsp3) is 0.500. The van der Waals surface area contributed by atoms with Crippen molar-refractivity contribution in [3.63, 3.8) is 0 Å². The van der Waals surface area contributed by atoms with Crippen molar-refractivity contribution in [2.45, 2.75) is 45.1 Å². The van der Waals surface area contributed by atoms with Gasteiger partial charge in [-0.2, -0.15) is 0 Å². The van der Waals surface area contributed by atoms with Gasteiger partial charge in [-0.1, -0.05) is 47.6 Å². The second-order valence-corrected chi connectivity index (χ2v) is 6.85. The monoisotopic (exact) mass is 344 g/mol. The predicted octanol–water partition coefficient (Wildman–Crippen LogP) is 4.06. The molecule has 7 heteroatoms. The Kier molecular flexibility index (Phi) is 6.44. The highest BCUT2D eigenvalue weighted by Crippen LogP contribution is 2.17. The topological polar surface area (TPSA) is 87.5 Å². The van der Waals surface area contributed by atoms with Gasteiger partial charge >= 0.3 is 6.09 Å². The van der Waals surface area contributed by atoms with Crippen molar-refractivity contribution in [2.24, 2.45) is 5.11 Å². The Morgan fingerprint density at radius 1 is 1.36 bits per heavy atom. The summed E-state index contributed by atoms with van der Waals surface area (Å²) in [5.74, 6) is 0. The van der Waals surface area contributed by atoms with Gasteiger partial charge in [0.25, 0.3) is 0 Å². The minimum Gasteiger partial charge on any atom is -0.444 e. The number of carbonyl (C=O) groups is 1. The highest BCUT2D eigenvalue weighted by atomic mass is 16.6. The van der Waals surface area contributed by atoms with E-state index in [-0.39, 0.29) is 6.54 Å². The number of hydrogen-bond acceptors (Lipinski definition) is 4. The summed E-state index contributed by atoms with van der Waals surface area (Å²) >= 11 is 0. The summed E-state index contributed by atoms with van der Waals surface area (Å²) in [4.78, 5) is 16.7. The van der Waals surface area contributed by atoms with E-state index in [1.165, 1.54) is 4.90 Å². The Labute approximate surface area is 147 Å². The van der Waals surface area contributed by atoms with Gasteiger partial charge in [0, 0.05) is 18.0 Å². The molecule has 0 N–H and O–H groups in total. The first-order valence-corrected chi connectivity index (χ1v) is 8.23. The van der Waals surface area contributed by atoms with Crippen LogP contribution in [0.4, 0.5) is 4.79 Å². The van der Waals surface area contributed by atoms with Crippen LogP contribution in [0, 0.1) is 0 Å². The molecular formula is C18H24N4O3. The smallest absolute Gasteiger partial charge is 0.410 e. The molecule has 0 bridgehead atoms. The van der Waals surface area contributed by atoms with Crippen LogP contribution in [0.15, 0.2) is 47.6 Å². The summed E-state index contributed by atoms with van der Waals surface area (Å²) in [7, 11) is 0. The van der Waals surface area contributed by atoms with Crippen molar-refractivity contribution in [1.82, 2.24) is 4.90 Å². The van der Waals surface area contributed by atoms with E-state index < -0.39 is 23.8 Å². The minimum atomic E-state index is -0.579. The van der Waals surface area contributed by atoms with E-state index in [0.717, 1.165) is 5.56 Å². The molecule has 0 aromatic heterocycles. The lowest BCUT2D eigenvalue weighted by atomic mass is 10.1. The predicted molar refractivity (Wildman–Crippen MR) is 94.9 cm³/mol. The van der Waals surface area contributed by atoms with E-state index in [9.17, 15) is 4.79 Å². The highest BCUT2D eigenvalue weighted by molar-refractivity contribution is 5.68. The zero-order valence-corrected chi connectivity index (χ0v) is 14.8. The number of hydrogen-bond donors (Lipinski definition) is 0. The molecule has 0 radical (unpaired) electrons. The molecule has 1 aliphatic rings. The second-order valence-electron chi connectivity index (χ2n) is 6.85. The zero-order chi connectivity index (χ0) is 18.3. The van der Waals surface area contributed by atoms with Gasteiger partial charge in [-0.15, -0.1) is 0 Å². The van der Waals surface area contributed by atoms with Crippen LogP contribution in [0.5, 0.6) is 0 Å². The Morgan fingerprint density at radius 3 is 2.72 bits per heavy atom. The fourth-order valence-corrected chi connectivity index (χ4v) is 2.43. The van der Waals surface area contributed by atoms with Gasteiger partial charge in [0.05, 0.1) is 18.8 Å². The summed E-state index contributed by atoms with van der Waals surface area (Å²) in [6, 6.07) is 9.25. The van der Waals surface area contributed by atoms with E-state index in [1.807, 2.05) is 63.3 Å². The van der Waals surface area contributed by atoms with Crippen LogP contribution in [0.1, 0.15) is 26.3 Å². The molecule has 0 unspecified atom stereocenters. The van der Waals surface area contributed by atoms with Crippen LogP contribution in [-0.2, 0) is 16.1 Å². The van der Waals surface area contributed by atoms with Crippen molar-refractivity contribution in [2.75, 3.05) is 13.1 Å². The van der Waals surface area contributed by atoms with Crippen LogP contribution in [0.2, 0.25) is 0 Å². The van der Waals surface area contributed by atoms with Gasteiger partial charge in [0.2, 0.25) is 0 Å². The van der Waals surface area contributed by atoms with E-state index in [1.54, 1.807) is 0 Å². The minimum absolute atomic E-state index is 0.241. The molecule has 1 aromatic carbocycles. The maximum atomic E-state index is 12.3. The molecule has 2 rings (SSSR count). The van der Waals surface area contributed by atoms with Crippen LogP contribution in [-0.4, -0.2) is 41.8 Å². The molecule has 0 saturated carbocycles. The molecule has 0 aliphatic carbocycles. The molecule has 2 atom stereocenters. The number of benzene rings is 1. The Morgan fingerprint density at radius 2 is 2.08 bits per heavy atom. The van der Waals surface area contributed by atoms with Gasteiger partial charge in [-0.3, -0.25) is 0 Å². The first-order valence-electron chi connectivity index (χ1n) is 8.23. The van der Waals surface area contributed by atoms with Crippen LogP contribution < -0.4 is 0 Å². The lowest BCUT2D eigenvalue weighted by Gasteiger charge is -2.28. The van der Waals surface area contributed by atoms with Crippen molar-refractivity contribution >= 4 is 6.09 Å². The maximum absolute atomic E-state index is 12.3. The lowest BCUT2D eigenvalue weighted by molar-refractivity contribution is 0.0188. The first-order chi connectivity index (χ1) is 11.9. The zero-order valence-electron chi connectivity index (χ0n) is 14.8. The van der Waals surface area contributed by atoms with E-state index >= 15 is 0 Å². The first kappa shape index (κ1) is 18.8. The number of carbonyl (C=O) groups excluding carboxylic acids is 1. The molecule has 1 aliphatic heterocycles. The Hall–Kier alpha value is -2.50. The second kappa shape index (κ2) is 8.55. The van der Waals surface area contributed by atoms with Crippen molar-refractivity contribution in [3.05, 3.63) is 58.5 Å². The maximum Gasteiger partial charge on any atom is 0.410 e. The third kappa shape index (κ3) is 6.14. The highest BCUT2D eigenvalue weighted by Gasteiger charge is 2.29. The summed E-state index contributed by atoms with van der Waals surface area (Å²) in [6.45, 7) is 6.47. The molecule has 0 saturated heterocycles. The quantitative estimate of drug-likeness (QED) is 0.357. The van der Waals surface area contributed by atoms with Gasteiger partial charge in [0.1, 0.15) is 5.60 Å². The van der Waals surface area contributed by atoms with Gasteiger partial charge in [-0.05, 0) is 31.9 Å². The molecule has 0 fully saturated rings.